The average Bonchev–Trinajstić information content (AvgIpc) is 3.35. The van der Waals surface area contributed by atoms with Crippen LogP contribution in [0, 0.1) is 23.7 Å². The zero-order valence-electron chi connectivity index (χ0n) is 37.6. The maximum absolute atomic E-state index is 12.3. The Balaban J connectivity index is 1.07. The van der Waals surface area contributed by atoms with Gasteiger partial charge in [-0.2, -0.15) is 0 Å². The van der Waals surface area contributed by atoms with Crippen LogP contribution in [0.1, 0.15) is 33.4 Å². The Hall–Kier alpha value is -5.72. The first kappa shape index (κ1) is 51.3. The molecule has 5 rings (SSSR count). The van der Waals surface area contributed by atoms with Crippen molar-refractivity contribution in [3.05, 3.63) is 130 Å². The van der Waals surface area contributed by atoms with Gasteiger partial charge in [-0.05, 0) is 56.9 Å². The van der Waals surface area contributed by atoms with Gasteiger partial charge in [-0.25, -0.2) is 0 Å². The van der Waals surface area contributed by atoms with E-state index in [1.54, 1.807) is 0 Å². The van der Waals surface area contributed by atoms with Gasteiger partial charge < -0.3 is 60.0 Å². The quantitative estimate of drug-likeness (QED) is 0.0295. The summed E-state index contributed by atoms with van der Waals surface area (Å²) in [5, 5.41) is 9.85. The van der Waals surface area contributed by atoms with E-state index in [1.165, 1.54) is 0 Å². The molecule has 14 nitrogen and oxygen atoms in total. The van der Waals surface area contributed by atoms with Crippen molar-refractivity contribution in [1.82, 2.24) is 10.6 Å². The minimum absolute atomic E-state index is 0.0498. The maximum atomic E-state index is 12.3. The highest BCUT2D eigenvalue weighted by molar-refractivity contribution is 6.09. The van der Waals surface area contributed by atoms with Crippen LogP contribution in [0.2, 0.25) is 0 Å². The first-order chi connectivity index (χ1) is 32.6. The Morgan fingerprint density at radius 1 is 0.379 bits per heavy atom. The smallest absolute Gasteiger partial charge is 0.246 e. The first-order valence-electron chi connectivity index (χ1n) is 22.3. The number of hydrogen-bond acceptors (Lipinski definition) is 12. The van der Waals surface area contributed by atoms with Crippen LogP contribution in [0.3, 0.4) is 0 Å². The number of carbonyl (C=O) groups excluding carboxylic acids is 2. The highest BCUT2D eigenvalue weighted by Gasteiger charge is 2.12. The molecule has 0 bridgehead atoms. The SMILES string of the molecule is NCCOCCOCCOCCOCC(=O)NCc1ccc(C#Cc2c3ccccc3c(C#Cc3ccc(CNC(=O)COCCOCCOCCOCCN)cc3)c3ccccc23)cc1. The Kier molecular flexibility index (Phi) is 24.3. The van der Waals surface area contributed by atoms with Crippen LogP contribution < -0.4 is 22.1 Å². The van der Waals surface area contributed by atoms with E-state index in [-0.39, 0.29) is 25.0 Å². The van der Waals surface area contributed by atoms with E-state index in [9.17, 15) is 9.59 Å². The maximum Gasteiger partial charge on any atom is 0.246 e. The monoisotopic (exact) mass is 902 g/mol. The van der Waals surface area contributed by atoms with Gasteiger partial charge in [0, 0.05) is 48.4 Å². The van der Waals surface area contributed by atoms with Gasteiger partial charge in [0.05, 0.1) is 92.5 Å². The minimum Gasteiger partial charge on any atom is -0.378 e. The predicted molar refractivity (Wildman–Crippen MR) is 255 cm³/mol. The lowest BCUT2D eigenvalue weighted by molar-refractivity contribution is -0.127. The van der Waals surface area contributed by atoms with Crippen LogP contribution >= 0.6 is 0 Å². The van der Waals surface area contributed by atoms with E-state index in [4.69, 9.17) is 49.4 Å². The number of fused-ring (bicyclic) bond motifs is 2. The summed E-state index contributed by atoms with van der Waals surface area (Å²) in [5.41, 5.74) is 16.2. The summed E-state index contributed by atoms with van der Waals surface area (Å²) in [7, 11) is 0. The molecular formula is C52H62N4O10. The number of amides is 2. The van der Waals surface area contributed by atoms with Gasteiger partial charge >= 0.3 is 0 Å². The lowest BCUT2D eigenvalue weighted by atomic mass is 9.92. The molecular weight excluding hydrogens is 841 g/mol. The van der Waals surface area contributed by atoms with E-state index in [0.29, 0.717) is 119 Å². The molecule has 0 saturated heterocycles. The third kappa shape index (κ3) is 19.0. The second kappa shape index (κ2) is 31.2. The average molecular weight is 903 g/mol. The van der Waals surface area contributed by atoms with Crippen LogP contribution in [-0.4, -0.2) is 131 Å². The molecule has 0 aliphatic rings. The molecule has 0 unspecified atom stereocenters. The number of hydrogen-bond donors (Lipinski definition) is 4. The summed E-state index contributed by atoms with van der Waals surface area (Å²) in [6.45, 7) is 7.84. The Labute approximate surface area is 387 Å². The van der Waals surface area contributed by atoms with E-state index >= 15 is 0 Å². The van der Waals surface area contributed by atoms with Crippen molar-refractivity contribution in [1.29, 1.82) is 0 Å². The molecule has 5 aromatic carbocycles. The van der Waals surface area contributed by atoms with Crippen LogP contribution in [0.25, 0.3) is 21.5 Å². The Bertz CT molecular complexity index is 2120. The summed E-state index contributed by atoms with van der Waals surface area (Å²) < 4.78 is 43.1. The molecule has 0 aliphatic heterocycles. The van der Waals surface area contributed by atoms with Gasteiger partial charge in [-0.15, -0.1) is 0 Å². The van der Waals surface area contributed by atoms with Crippen LogP contribution in [0.5, 0.6) is 0 Å². The molecule has 0 radical (unpaired) electrons. The highest BCUT2D eigenvalue weighted by atomic mass is 16.6. The van der Waals surface area contributed by atoms with Crippen molar-refractivity contribution in [2.75, 3.05) is 119 Å². The van der Waals surface area contributed by atoms with E-state index in [0.717, 1.165) is 54.9 Å². The molecule has 0 fully saturated rings. The molecule has 0 aliphatic carbocycles. The van der Waals surface area contributed by atoms with Crippen molar-refractivity contribution >= 4 is 33.4 Å². The fourth-order valence-electron chi connectivity index (χ4n) is 6.40. The molecule has 0 saturated carbocycles. The lowest BCUT2D eigenvalue weighted by Gasteiger charge is -2.10. The number of carbonyl (C=O) groups is 2. The Morgan fingerprint density at radius 2 is 0.667 bits per heavy atom. The molecule has 0 atom stereocenters. The van der Waals surface area contributed by atoms with Gasteiger partial charge in [-0.3, -0.25) is 9.59 Å². The van der Waals surface area contributed by atoms with Crippen molar-refractivity contribution in [2.45, 2.75) is 13.1 Å². The summed E-state index contributed by atoms with van der Waals surface area (Å²) in [6, 6.07) is 32.1. The first-order valence-corrected chi connectivity index (χ1v) is 22.3. The molecule has 14 heteroatoms. The molecule has 350 valence electrons. The number of ether oxygens (including phenoxy) is 8. The third-order valence-electron chi connectivity index (χ3n) is 9.71. The fraction of sp³-hybridized carbons (Fsp3) is 0.385. The summed E-state index contributed by atoms with van der Waals surface area (Å²) in [5.74, 6) is 13.2. The van der Waals surface area contributed by atoms with Crippen molar-refractivity contribution in [2.24, 2.45) is 11.5 Å². The molecule has 0 spiro atoms. The van der Waals surface area contributed by atoms with Crippen LogP contribution in [0.15, 0.2) is 97.1 Å². The number of rotatable bonds is 30. The zero-order valence-corrected chi connectivity index (χ0v) is 37.6. The van der Waals surface area contributed by atoms with Crippen molar-refractivity contribution in [3.63, 3.8) is 0 Å². The second-order valence-corrected chi connectivity index (χ2v) is 14.6. The molecule has 66 heavy (non-hydrogen) atoms. The lowest BCUT2D eigenvalue weighted by Crippen LogP contribution is -2.27. The molecule has 0 heterocycles. The topological polar surface area (TPSA) is 184 Å². The van der Waals surface area contributed by atoms with E-state index < -0.39 is 0 Å². The number of benzene rings is 5. The van der Waals surface area contributed by atoms with Crippen molar-refractivity contribution in [3.8, 4) is 23.7 Å². The third-order valence-corrected chi connectivity index (χ3v) is 9.71. The molecule has 2 amide bonds. The zero-order chi connectivity index (χ0) is 46.3. The Morgan fingerprint density at radius 3 is 0.970 bits per heavy atom. The van der Waals surface area contributed by atoms with Gasteiger partial charge in [0.25, 0.3) is 0 Å². The largest absolute Gasteiger partial charge is 0.378 e. The van der Waals surface area contributed by atoms with Gasteiger partial charge in [-0.1, -0.05) is 96.5 Å². The van der Waals surface area contributed by atoms with Gasteiger partial charge in [0.1, 0.15) is 13.2 Å². The van der Waals surface area contributed by atoms with Gasteiger partial charge in [0.2, 0.25) is 11.8 Å². The predicted octanol–water partition coefficient (Wildman–Crippen LogP) is 4.08. The highest BCUT2D eigenvalue weighted by Crippen LogP contribution is 2.32. The normalized spacial score (nSPS) is 10.9. The second-order valence-electron chi connectivity index (χ2n) is 14.6. The number of nitrogens with one attached hydrogen (secondary N) is 2. The standard InChI is InChI=1S/C52H62N4O10/c53-21-23-59-25-27-61-29-31-63-33-35-65-39-51(57)55-37-43-13-9-41(10-14-43)17-19-49-45-5-1-2-6-46(45)50(48-8-4-3-7-47(48)49)20-18-42-11-15-44(16-12-42)38-56-52(58)40-66-36-34-64-32-30-62-28-26-60-24-22-54/h1-16H,21-40,53-54H2,(H,55,57)(H,56,58). The van der Waals surface area contributed by atoms with E-state index in [2.05, 4.69) is 58.6 Å². The van der Waals surface area contributed by atoms with Crippen molar-refractivity contribution < 1.29 is 47.5 Å². The van der Waals surface area contributed by atoms with Crippen LogP contribution in [-0.2, 0) is 60.6 Å². The summed E-state index contributed by atoms with van der Waals surface area (Å²) in [6.07, 6.45) is 0. The van der Waals surface area contributed by atoms with Crippen LogP contribution in [0.4, 0.5) is 0 Å². The molecule has 5 aromatic rings. The fourth-order valence-corrected chi connectivity index (χ4v) is 6.40. The molecule has 6 N–H and O–H groups in total. The summed E-state index contributed by atoms with van der Waals surface area (Å²) >= 11 is 0. The molecule has 0 aromatic heterocycles. The summed E-state index contributed by atoms with van der Waals surface area (Å²) in [4.78, 5) is 24.7. The minimum atomic E-state index is -0.205. The van der Waals surface area contributed by atoms with Gasteiger partial charge in [0.15, 0.2) is 0 Å². The number of nitrogens with two attached hydrogens (primary N) is 2. The van der Waals surface area contributed by atoms with E-state index in [1.807, 2.05) is 72.8 Å².